The number of pyridine rings is 2. The molecule has 5 heteroatoms. The van der Waals surface area contributed by atoms with Crippen LogP contribution < -0.4 is 10.6 Å². The van der Waals surface area contributed by atoms with E-state index in [1.165, 1.54) is 5.56 Å². The molecule has 0 bridgehead atoms. The normalized spacial score (nSPS) is 9.94. The summed E-state index contributed by atoms with van der Waals surface area (Å²) in [6, 6.07) is 23.4. The van der Waals surface area contributed by atoms with Crippen molar-refractivity contribution >= 4 is 17.3 Å². The van der Waals surface area contributed by atoms with Crippen molar-refractivity contribution in [2.45, 2.75) is 6.54 Å². The Morgan fingerprint density at radius 2 is 1.39 bits per heavy atom. The van der Waals surface area contributed by atoms with Gasteiger partial charge in [0.05, 0.1) is 17.6 Å². The zero-order chi connectivity index (χ0) is 21.3. The molecule has 0 aliphatic heterocycles. The molecule has 5 nitrogen and oxygen atoms in total. The molecule has 2 aromatic heterocycles. The van der Waals surface area contributed by atoms with Gasteiger partial charge in [-0.2, -0.15) is 0 Å². The molecule has 4 rings (SSSR count). The molecule has 4 aromatic rings. The van der Waals surface area contributed by atoms with Crippen LogP contribution in [0.4, 0.5) is 11.4 Å². The lowest BCUT2D eigenvalue weighted by atomic mass is 10.1. The summed E-state index contributed by atoms with van der Waals surface area (Å²) in [5.74, 6) is 5.05. The van der Waals surface area contributed by atoms with E-state index in [9.17, 15) is 4.79 Å². The van der Waals surface area contributed by atoms with Gasteiger partial charge in [0.15, 0.2) is 0 Å². The van der Waals surface area contributed by atoms with Crippen LogP contribution in [0.2, 0.25) is 0 Å². The predicted molar refractivity (Wildman–Crippen MR) is 123 cm³/mol. The van der Waals surface area contributed by atoms with Crippen LogP contribution in [0, 0.1) is 11.8 Å². The largest absolute Gasteiger partial charge is 0.380 e. The molecular weight excluding hydrogens is 384 g/mol. The number of nitrogens with zero attached hydrogens (tertiary/aromatic N) is 2. The van der Waals surface area contributed by atoms with E-state index in [0.29, 0.717) is 12.2 Å². The topological polar surface area (TPSA) is 66.9 Å². The van der Waals surface area contributed by atoms with Crippen molar-refractivity contribution < 1.29 is 4.79 Å². The third-order valence-electron chi connectivity index (χ3n) is 4.50. The van der Waals surface area contributed by atoms with Gasteiger partial charge in [0.25, 0.3) is 0 Å². The lowest BCUT2D eigenvalue weighted by Gasteiger charge is -2.09. The summed E-state index contributed by atoms with van der Waals surface area (Å²) in [7, 11) is 0. The van der Waals surface area contributed by atoms with Gasteiger partial charge in [-0.1, -0.05) is 54.5 Å². The number of carbonyl (C=O) groups is 1. The Balaban J connectivity index is 1.44. The molecule has 0 radical (unpaired) electrons. The maximum Gasteiger partial charge on any atom is 0.300 e. The Morgan fingerprint density at radius 3 is 2.10 bits per heavy atom. The van der Waals surface area contributed by atoms with Gasteiger partial charge < -0.3 is 10.6 Å². The van der Waals surface area contributed by atoms with E-state index in [-0.39, 0.29) is 5.91 Å². The van der Waals surface area contributed by atoms with Crippen LogP contribution in [-0.2, 0) is 11.3 Å². The Kier molecular flexibility index (Phi) is 6.32. The standard InChI is InChI=1S/C26H20N4O/c31-26(12-11-20-7-3-1-4-8-20)30-25-14-23(17-28-19-25)22-13-24(18-27-16-22)29-15-21-9-5-2-6-10-21/h1-10,13-14,16-19,29H,15H2,(H,30,31). The monoisotopic (exact) mass is 404 g/mol. The van der Waals surface area contributed by atoms with Crippen LogP contribution in [0.25, 0.3) is 11.1 Å². The highest BCUT2D eigenvalue weighted by Gasteiger charge is 2.05. The molecule has 31 heavy (non-hydrogen) atoms. The molecule has 0 fully saturated rings. The Hall–Kier alpha value is -4.43. The van der Waals surface area contributed by atoms with Crippen molar-refractivity contribution in [1.82, 2.24) is 9.97 Å². The molecule has 0 atom stereocenters. The van der Waals surface area contributed by atoms with E-state index in [1.54, 1.807) is 24.8 Å². The fraction of sp³-hybridized carbons (Fsp3) is 0.0385. The molecule has 0 aliphatic carbocycles. The van der Waals surface area contributed by atoms with Crippen LogP contribution in [0.15, 0.2) is 97.6 Å². The number of carbonyl (C=O) groups excluding carboxylic acids is 1. The molecular formula is C26H20N4O. The maximum absolute atomic E-state index is 12.2. The van der Waals surface area contributed by atoms with Gasteiger partial charge in [0.2, 0.25) is 0 Å². The van der Waals surface area contributed by atoms with Crippen molar-refractivity contribution in [2.75, 3.05) is 10.6 Å². The van der Waals surface area contributed by atoms with Crippen LogP contribution in [0.3, 0.4) is 0 Å². The van der Waals surface area contributed by atoms with Gasteiger partial charge in [-0.05, 0) is 29.8 Å². The van der Waals surface area contributed by atoms with E-state index < -0.39 is 0 Å². The molecule has 0 saturated carbocycles. The molecule has 2 aromatic carbocycles. The zero-order valence-electron chi connectivity index (χ0n) is 16.7. The summed E-state index contributed by atoms with van der Waals surface area (Å²) in [5.41, 5.74) is 5.21. The van der Waals surface area contributed by atoms with Gasteiger partial charge in [-0.15, -0.1) is 0 Å². The van der Waals surface area contributed by atoms with Gasteiger partial charge in [-0.3, -0.25) is 14.8 Å². The van der Waals surface area contributed by atoms with Gasteiger partial charge in [0.1, 0.15) is 0 Å². The summed E-state index contributed by atoms with van der Waals surface area (Å²) in [6.07, 6.45) is 6.88. The average Bonchev–Trinajstić information content (AvgIpc) is 2.83. The second kappa shape index (κ2) is 9.86. The third kappa shape index (κ3) is 5.78. The van der Waals surface area contributed by atoms with Crippen molar-refractivity contribution in [3.05, 3.63) is 109 Å². The minimum atomic E-state index is -0.390. The minimum Gasteiger partial charge on any atom is -0.380 e. The summed E-state index contributed by atoms with van der Waals surface area (Å²) >= 11 is 0. The summed E-state index contributed by atoms with van der Waals surface area (Å²) in [4.78, 5) is 20.7. The molecule has 0 aliphatic rings. The van der Waals surface area contributed by atoms with Crippen LogP contribution in [-0.4, -0.2) is 15.9 Å². The molecule has 0 spiro atoms. The average molecular weight is 404 g/mol. The lowest BCUT2D eigenvalue weighted by Crippen LogP contribution is -2.08. The maximum atomic E-state index is 12.2. The second-order valence-corrected chi connectivity index (χ2v) is 6.83. The van der Waals surface area contributed by atoms with Gasteiger partial charge in [-0.25, -0.2) is 0 Å². The quantitative estimate of drug-likeness (QED) is 0.471. The van der Waals surface area contributed by atoms with Gasteiger partial charge >= 0.3 is 5.91 Å². The summed E-state index contributed by atoms with van der Waals surface area (Å²) < 4.78 is 0. The highest BCUT2D eigenvalue weighted by Crippen LogP contribution is 2.23. The van der Waals surface area contributed by atoms with Crippen LogP contribution >= 0.6 is 0 Å². The number of hydrogen-bond acceptors (Lipinski definition) is 4. The number of rotatable bonds is 5. The molecule has 1 amide bonds. The Morgan fingerprint density at radius 1 is 0.774 bits per heavy atom. The van der Waals surface area contributed by atoms with E-state index in [1.807, 2.05) is 60.7 Å². The van der Waals surface area contributed by atoms with Crippen molar-refractivity contribution in [1.29, 1.82) is 0 Å². The number of hydrogen-bond donors (Lipinski definition) is 2. The number of anilines is 2. The second-order valence-electron chi connectivity index (χ2n) is 6.83. The summed E-state index contributed by atoms with van der Waals surface area (Å²) in [6.45, 7) is 0.709. The number of amides is 1. The number of benzene rings is 2. The van der Waals surface area contributed by atoms with E-state index in [2.05, 4.69) is 44.6 Å². The third-order valence-corrected chi connectivity index (χ3v) is 4.50. The zero-order valence-corrected chi connectivity index (χ0v) is 16.7. The van der Waals surface area contributed by atoms with Gasteiger partial charge in [0, 0.05) is 47.7 Å². The molecule has 2 heterocycles. The van der Waals surface area contributed by atoms with Crippen molar-refractivity contribution in [3.63, 3.8) is 0 Å². The number of aromatic nitrogens is 2. The van der Waals surface area contributed by atoms with E-state index in [4.69, 9.17) is 0 Å². The highest BCUT2D eigenvalue weighted by atomic mass is 16.1. The molecule has 0 unspecified atom stereocenters. The smallest absolute Gasteiger partial charge is 0.300 e. The predicted octanol–water partition coefficient (Wildman–Crippen LogP) is 4.75. The van der Waals surface area contributed by atoms with Crippen molar-refractivity contribution in [2.24, 2.45) is 0 Å². The SMILES string of the molecule is O=C(C#Cc1ccccc1)Nc1cncc(-c2cncc(NCc3ccccc3)c2)c1. The minimum absolute atomic E-state index is 0.390. The Labute approximate surface area is 181 Å². The highest BCUT2D eigenvalue weighted by molar-refractivity contribution is 6.04. The first-order valence-corrected chi connectivity index (χ1v) is 9.82. The Bertz CT molecular complexity index is 1230. The fourth-order valence-corrected chi connectivity index (χ4v) is 2.97. The summed E-state index contributed by atoms with van der Waals surface area (Å²) in [5, 5.41) is 6.15. The number of nitrogens with one attached hydrogen (secondary N) is 2. The molecule has 2 N–H and O–H groups in total. The lowest BCUT2D eigenvalue weighted by molar-refractivity contribution is -0.111. The molecule has 0 saturated heterocycles. The first-order chi connectivity index (χ1) is 15.3. The van der Waals surface area contributed by atoms with E-state index in [0.717, 1.165) is 22.4 Å². The first kappa shape index (κ1) is 19.9. The van der Waals surface area contributed by atoms with Crippen LogP contribution in [0.5, 0.6) is 0 Å². The van der Waals surface area contributed by atoms with Crippen molar-refractivity contribution in [3.8, 4) is 23.0 Å². The van der Waals surface area contributed by atoms with Crippen LogP contribution in [0.1, 0.15) is 11.1 Å². The van der Waals surface area contributed by atoms with E-state index >= 15 is 0 Å². The first-order valence-electron chi connectivity index (χ1n) is 9.82. The fourth-order valence-electron chi connectivity index (χ4n) is 2.97. The molecule has 150 valence electrons.